The minimum atomic E-state index is 0.376. The normalized spacial score (nSPS) is 49.5. The van der Waals surface area contributed by atoms with Crippen molar-refractivity contribution in [2.45, 2.75) is 88.4 Å². The molecule has 134 valence electrons. The Bertz CT molecular complexity index is 469. The fourth-order valence-corrected chi connectivity index (χ4v) is 8.77. The summed E-state index contributed by atoms with van der Waals surface area (Å²) in [5.74, 6) is 4.71. The van der Waals surface area contributed by atoms with Gasteiger partial charge in [0, 0.05) is 11.3 Å². The van der Waals surface area contributed by atoms with E-state index >= 15 is 0 Å². The molecule has 4 rings (SSSR count). The average Bonchev–Trinajstić information content (AvgIpc) is 2.66. The van der Waals surface area contributed by atoms with Crippen LogP contribution in [-0.2, 0) is 9.13 Å². The van der Waals surface area contributed by atoms with Crippen LogP contribution >= 0.6 is 16.9 Å². The molecule has 0 bridgehead atoms. The van der Waals surface area contributed by atoms with Crippen molar-refractivity contribution in [1.82, 2.24) is 0 Å². The molecule has 24 heavy (non-hydrogen) atoms. The summed E-state index contributed by atoms with van der Waals surface area (Å²) in [4.78, 5) is 0. The molecule has 0 saturated heterocycles. The molecule has 8 atom stereocenters. The van der Waals surface area contributed by atoms with Gasteiger partial charge in [0.1, 0.15) is 0 Å². The van der Waals surface area contributed by atoms with E-state index < -0.39 is 0 Å². The predicted molar refractivity (Wildman–Crippen MR) is 99.1 cm³/mol. The molecule has 4 aliphatic carbocycles. The van der Waals surface area contributed by atoms with Crippen molar-refractivity contribution in [3.05, 3.63) is 0 Å². The maximum Gasteiger partial charge on any atom is 0.158 e. The quantitative estimate of drug-likeness (QED) is 0.518. The van der Waals surface area contributed by atoms with Gasteiger partial charge < -0.3 is 0 Å². The van der Waals surface area contributed by atoms with E-state index in [9.17, 15) is 9.13 Å². The Kier molecular flexibility index (Phi) is 5.75. The molecule has 4 heteroatoms. The van der Waals surface area contributed by atoms with Crippen molar-refractivity contribution in [1.29, 1.82) is 0 Å². The first-order valence-corrected chi connectivity index (χ1v) is 12.2. The fourth-order valence-electron chi connectivity index (χ4n) is 7.25. The van der Waals surface area contributed by atoms with Gasteiger partial charge in [-0.2, -0.15) is 0 Å². The molecule has 4 aliphatic rings. The van der Waals surface area contributed by atoms with E-state index in [1.54, 1.807) is 0 Å². The van der Waals surface area contributed by atoms with Gasteiger partial charge in [0.25, 0.3) is 0 Å². The molecule has 2 nitrogen and oxygen atoms in total. The molecule has 0 heterocycles. The van der Waals surface area contributed by atoms with Crippen LogP contribution in [0.1, 0.15) is 77.0 Å². The van der Waals surface area contributed by atoms with E-state index in [-0.39, 0.29) is 0 Å². The second kappa shape index (κ2) is 7.84. The molecule has 0 aromatic carbocycles. The minimum absolute atomic E-state index is 0.376. The van der Waals surface area contributed by atoms with E-state index in [2.05, 4.69) is 0 Å². The lowest BCUT2D eigenvalue weighted by molar-refractivity contribution is -0.00444. The highest BCUT2D eigenvalue weighted by Gasteiger charge is 2.50. The summed E-state index contributed by atoms with van der Waals surface area (Å²) >= 11 is 0. The van der Waals surface area contributed by atoms with E-state index in [4.69, 9.17) is 0 Å². The van der Waals surface area contributed by atoms with E-state index in [0.29, 0.717) is 40.1 Å². The first kappa shape index (κ1) is 17.6. The van der Waals surface area contributed by atoms with Crippen LogP contribution in [0.3, 0.4) is 0 Å². The van der Waals surface area contributed by atoms with Crippen LogP contribution < -0.4 is 0 Å². The highest BCUT2D eigenvalue weighted by atomic mass is 31.1. The van der Waals surface area contributed by atoms with E-state index in [0.717, 1.165) is 30.1 Å². The molecule has 0 N–H and O–H groups in total. The van der Waals surface area contributed by atoms with Crippen molar-refractivity contribution in [2.24, 2.45) is 35.5 Å². The molecule has 0 aliphatic heterocycles. The van der Waals surface area contributed by atoms with Gasteiger partial charge in [-0.1, -0.05) is 38.5 Å². The van der Waals surface area contributed by atoms with E-state index in [1.807, 2.05) is 0 Å². The standard InChI is InChI=1S/C20H32O2P2/c21-23-15-11-14-6-2-3-7-16(14)18(12-15)20-17-8-4-1-5-13(17)9-10-19(20)24-22/h13-20H,1-12H2. The summed E-state index contributed by atoms with van der Waals surface area (Å²) in [6, 6.07) is 0. The van der Waals surface area contributed by atoms with Crippen molar-refractivity contribution in [3.8, 4) is 0 Å². The molecule has 0 aromatic rings. The number of fused-ring (bicyclic) bond motifs is 2. The molecule has 0 radical (unpaired) electrons. The summed E-state index contributed by atoms with van der Waals surface area (Å²) in [5.41, 5.74) is 0.765. The smallest absolute Gasteiger partial charge is 0.158 e. The number of rotatable bonds is 3. The Morgan fingerprint density at radius 1 is 0.583 bits per heavy atom. The average molecular weight is 366 g/mol. The van der Waals surface area contributed by atoms with Crippen molar-refractivity contribution >= 4 is 16.9 Å². The van der Waals surface area contributed by atoms with Gasteiger partial charge in [0.05, 0.1) is 0 Å². The first-order chi connectivity index (χ1) is 11.8. The third-order valence-electron chi connectivity index (χ3n) is 8.16. The fraction of sp³-hybridized carbons (Fsp3) is 1.00. The zero-order valence-corrected chi connectivity index (χ0v) is 16.6. The van der Waals surface area contributed by atoms with Crippen molar-refractivity contribution in [3.63, 3.8) is 0 Å². The highest BCUT2D eigenvalue weighted by Crippen LogP contribution is 2.57. The Morgan fingerprint density at radius 3 is 2.04 bits per heavy atom. The Labute approximate surface area is 150 Å². The lowest BCUT2D eigenvalue weighted by Crippen LogP contribution is -2.48. The first-order valence-electron chi connectivity index (χ1n) is 10.5. The van der Waals surface area contributed by atoms with Crippen LogP contribution in [0.5, 0.6) is 0 Å². The molecule has 0 amide bonds. The SMILES string of the molecule is O=PC1CC2CCCCC2C(C2C(P=O)CCC3CCCCC32)C1. The maximum atomic E-state index is 12.0. The van der Waals surface area contributed by atoms with Gasteiger partial charge >= 0.3 is 0 Å². The highest BCUT2D eigenvalue weighted by molar-refractivity contribution is 7.25. The molecule has 4 fully saturated rings. The largest absolute Gasteiger partial charge is 0.275 e. The van der Waals surface area contributed by atoms with Gasteiger partial charge in [-0.05, 0) is 74.0 Å². The summed E-state index contributed by atoms with van der Waals surface area (Å²) in [5, 5.41) is 0. The third kappa shape index (κ3) is 3.27. The minimum Gasteiger partial charge on any atom is -0.275 e. The molecular formula is C20H32O2P2. The summed E-state index contributed by atoms with van der Waals surface area (Å²) in [6.45, 7) is 0. The monoisotopic (exact) mass is 366 g/mol. The Hall–Kier alpha value is 0.200. The van der Waals surface area contributed by atoms with Crippen molar-refractivity contribution < 1.29 is 9.13 Å². The number of hydrogen-bond acceptors (Lipinski definition) is 2. The Balaban J connectivity index is 1.63. The molecule has 0 aromatic heterocycles. The summed E-state index contributed by atoms with van der Waals surface area (Å²) in [6.07, 6.45) is 15.9. The molecule has 8 unspecified atom stereocenters. The van der Waals surface area contributed by atoms with Crippen molar-refractivity contribution in [2.75, 3.05) is 0 Å². The lowest BCUT2D eigenvalue weighted by atomic mass is 9.54. The van der Waals surface area contributed by atoms with Crippen LogP contribution in [-0.4, -0.2) is 11.3 Å². The van der Waals surface area contributed by atoms with Gasteiger partial charge in [-0.3, -0.25) is 9.13 Å². The molecular weight excluding hydrogens is 334 g/mol. The summed E-state index contributed by atoms with van der Waals surface area (Å²) in [7, 11) is 0.776. The maximum absolute atomic E-state index is 12.0. The van der Waals surface area contributed by atoms with Gasteiger partial charge in [0.15, 0.2) is 16.9 Å². The zero-order valence-electron chi connectivity index (χ0n) is 14.8. The molecule has 0 spiro atoms. The van der Waals surface area contributed by atoms with Crippen LogP contribution in [0.2, 0.25) is 0 Å². The third-order valence-corrected chi connectivity index (χ3v) is 9.75. The van der Waals surface area contributed by atoms with Gasteiger partial charge in [0.2, 0.25) is 0 Å². The van der Waals surface area contributed by atoms with Crippen LogP contribution in [0.15, 0.2) is 0 Å². The molecule has 4 saturated carbocycles. The van der Waals surface area contributed by atoms with Crippen LogP contribution in [0.25, 0.3) is 0 Å². The zero-order chi connectivity index (χ0) is 16.5. The van der Waals surface area contributed by atoms with Gasteiger partial charge in [-0.15, -0.1) is 0 Å². The summed E-state index contributed by atoms with van der Waals surface area (Å²) < 4.78 is 23.8. The lowest BCUT2D eigenvalue weighted by Gasteiger charge is -2.53. The van der Waals surface area contributed by atoms with Crippen LogP contribution in [0.4, 0.5) is 0 Å². The van der Waals surface area contributed by atoms with E-state index in [1.165, 1.54) is 70.6 Å². The van der Waals surface area contributed by atoms with Crippen LogP contribution in [0, 0.1) is 35.5 Å². The predicted octanol–water partition coefficient (Wildman–Crippen LogP) is 6.74. The Morgan fingerprint density at radius 2 is 1.29 bits per heavy atom. The second-order valence-electron chi connectivity index (χ2n) is 9.14. The van der Waals surface area contributed by atoms with Gasteiger partial charge in [-0.25, -0.2) is 0 Å². The number of hydrogen-bond donors (Lipinski definition) is 0. The second-order valence-corrected chi connectivity index (χ2v) is 11.0. The topological polar surface area (TPSA) is 34.1 Å².